The van der Waals surface area contributed by atoms with Crippen molar-refractivity contribution >= 4 is 5.91 Å². The maximum absolute atomic E-state index is 12.8. The Hall–Kier alpha value is -2.76. The van der Waals surface area contributed by atoms with E-state index in [9.17, 15) is 18.0 Å². The highest BCUT2D eigenvalue weighted by atomic mass is 19.4. The third kappa shape index (κ3) is 3.52. The summed E-state index contributed by atoms with van der Waals surface area (Å²) in [5, 5.41) is 8.79. The summed E-state index contributed by atoms with van der Waals surface area (Å²) < 4.78 is 39.8. The standard InChI is InChI=1S/C16H16F3N5O/c1-23(15(25)11-4-12(5-20)21-6-11)7-10-2-3-14-22-13(16(17,18)19)9-24(14)8-10/h4,6,9-10,21H,2-3,7-8H2,1H3/t10-/m0/s1. The number of aromatic nitrogens is 3. The van der Waals surface area contributed by atoms with Gasteiger partial charge in [0.05, 0.1) is 5.56 Å². The molecule has 1 N–H and O–H groups in total. The third-order valence-electron chi connectivity index (χ3n) is 4.31. The molecule has 6 nitrogen and oxygen atoms in total. The lowest BCUT2D eigenvalue weighted by atomic mass is 9.99. The maximum Gasteiger partial charge on any atom is 0.434 e. The van der Waals surface area contributed by atoms with E-state index >= 15 is 0 Å². The number of aromatic amines is 1. The molecule has 0 bridgehead atoms. The van der Waals surface area contributed by atoms with E-state index in [-0.39, 0.29) is 11.8 Å². The number of alkyl halides is 3. The van der Waals surface area contributed by atoms with Gasteiger partial charge < -0.3 is 14.5 Å². The lowest BCUT2D eigenvalue weighted by Gasteiger charge is -2.28. The van der Waals surface area contributed by atoms with Crippen LogP contribution in [0.2, 0.25) is 0 Å². The molecule has 2 aromatic heterocycles. The van der Waals surface area contributed by atoms with Gasteiger partial charge in [0.25, 0.3) is 5.91 Å². The topological polar surface area (TPSA) is 77.7 Å². The van der Waals surface area contributed by atoms with Crippen molar-refractivity contribution in [3.05, 3.63) is 41.2 Å². The predicted molar refractivity (Wildman–Crippen MR) is 81.5 cm³/mol. The summed E-state index contributed by atoms with van der Waals surface area (Å²) >= 11 is 0. The van der Waals surface area contributed by atoms with Crippen LogP contribution in [0, 0.1) is 17.2 Å². The lowest BCUT2D eigenvalue weighted by molar-refractivity contribution is -0.141. The Balaban J connectivity index is 1.65. The minimum Gasteiger partial charge on any atom is -0.352 e. The van der Waals surface area contributed by atoms with Crippen LogP contribution < -0.4 is 0 Å². The number of carbonyl (C=O) groups is 1. The molecule has 0 unspecified atom stereocenters. The molecule has 2 aromatic rings. The van der Waals surface area contributed by atoms with Gasteiger partial charge in [-0.3, -0.25) is 4.79 Å². The van der Waals surface area contributed by atoms with E-state index in [1.807, 2.05) is 6.07 Å². The Morgan fingerprint density at radius 3 is 2.96 bits per heavy atom. The van der Waals surface area contributed by atoms with Gasteiger partial charge in [-0.2, -0.15) is 18.4 Å². The molecule has 0 saturated heterocycles. The van der Waals surface area contributed by atoms with E-state index in [1.165, 1.54) is 21.7 Å². The van der Waals surface area contributed by atoms with Gasteiger partial charge in [-0.1, -0.05) is 0 Å². The van der Waals surface area contributed by atoms with Crippen LogP contribution in [0.15, 0.2) is 18.5 Å². The number of hydrogen-bond donors (Lipinski definition) is 1. The fraction of sp³-hybridized carbons (Fsp3) is 0.438. The van der Waals surface area contributed by atoms with E-state index in [0.717, 1.165) is 6.20 Å². The van der Waals surface area contributed by atoms with Crippen LogP contribution in [0.25, 0.3) is 0 Å². The van der Waals surface area contributed by atoms with E-state index in [0.29, 0.717) is 43.0 Å². The summed E-state index contributed by atoms with van der Waals surface area (Å²) in [4.78, 5) is 20.2. The Kier molecular flexibility index (Phi) is 4.29. The highest BCUT2D eigenvalue weighted by molar-refractivity contribution is 5.94. The van der Waals surface area contributed by atoms with Gasteiger partial charge in [0, 0.05) is 39.0 Å². The monoisotopic (exact) mass is 351 g/mol. The molecule has 1 aliphatic rings. The first-order valence-electron chi connectivity index (χ1n) is 7.75. The number of nitrogens with zero attached hydrogens (tertiary/aromatic N) is 4. The summed E-state index contributed by atoms with van der Waals surface area (Å²) in [6.45, 7) is 0.817. The summed E-state index contributed by atoms with van der Waals surface area (Å²) in [5.41, 5.74) is -0.182. The molecular formula is C16H16F3N5O. The minimum absolute atomic E-state index is 0.0473. The smallest absolute Gasteiger partial charge is 0.352 e. The highest BCUT2D eigenvalue weighted by Crippen LogP contribution is 2.30. The second kappa shape index (κ2) is 6.27. The summed E-state index contributed by atoms with van der Waals surface area (Å²) in [5.74, 6) is 0.248. The van der Waals surface area contributed by atoms with Gasteiger partial charge >= 0.3 is 6.18 Å². The van der Waals surface area contributed by atoms with Crippen LogP contribution in [0.4, 0.5) is 13.2 Å². The van der Waals surface area contributed by atoms with Crippen molar-refractivity contribution in [2.45, 2.75) is 25.6 Å². The average Bonchev–Trinajstić information content (AvgIpc) is 3.19. The zero-order valence-corrected chi connectivity index (χ0v) is 13.5. The molecule has 0 fully saturated rings. The van der Waals surface area contributed by atoms with Crippen molar-refractivity contribution in [1.29, 1.82) is 5.26 Å². The normalized spacial score (nSPS) is 17.0. The predicted octanol–water partition coefficient (Wildman–Crippen LogP) is 2.44. The van der Waals surface area contributed by atoms with Gasteiger partial charge in [0.2, 0.25) is 0 Å². The second-order valence-electron chi connectivity index (χ2n) is 6.20. The number of carbonyl (C=O) groups excluding carboxylic acids is 1. The number of nitriles is 1. The summed E-state index contributed by atoms with van der Waals surface area (Å²) in [7, 11) is 1.64. The van der Waals surface area contributed by atoms with Crippen molar-refractivity contribution < 1.29 is 18.0 Å². The fourth-order valence-corrected chi connectivity index (χ4v) is 3.07. The van der Waals surface area contributed by atoms with E-state index in [4.69, 9.17) is 5.26 Å². The highest BCUT2D eigenvalue weighted by Gasteiger charge is 2.36. The van der Waals surface area contributed by atoms with E-state index in [2.05, 4.69) is 9.97 Å². The fourth-order valence-electron chi connectivity index (χ4n) is 3.07. The van der Waals surface area contributed by atoms with Crippen molar-refractivity contribution in [1.82, 2.24) is 19.4 Å². The second-order valence-corrected chi connectivity index (χ2v) is 6.20. The molecule has 1 atom stereocenters. The number of rotatable bonds is 3. The first kappa shape index (κ1) is 17.1. The minimum atomic E-state index is -4.45. The molecule has 0 spiro atoms. The Morgan fingerprint density at radius 1 is 1.56 bits per heavy atom. The zero-order chi connectivity index (χ0) is 18.2. The van der Waals surface area contributed by atoms with Crippen molar-refractivity contribution in [2.75, 3.05) is 13.6 Å². The van der Waals surface area contributed by atoms with Gasteiger partial charge in [-0.15, -0.1) is 0 Å². The first-order chi connectivity index (χ1) is 11.8. The number of fused-ring (bicyclic) bond motifs is 1. The average molecular weight is 351 g/mol. The molecule has 1 aliphatic heterocycles. The molecule has 1 amide bonds. The summed E-state index contributed by atoms with van der Waals surface area (Å²) in [6.07, 6.45) is -0.816. The number of nitrogens with one attached hydrogen (secondary N) is 1. The lowest BCUT2D eigenvalue weighted by Crippen LogP contribution is -2.35. The number of H-pyrrole nitrogens is 1. The number of halogens is 3. The molecular weight excluding hydrogens is 335 g/mol. The Morgan fingerprint density at radius 2 is 2.32 bits per heavy atom. The molecule has 9 heteroatoms. The summed E-state index contributed by atoms with van der Waals surface area (Å²) in [6, 6.07) is 3.40. The van der Waals surface area contributed by atoms with Gasteiger partial charge in [-0.25, -0.2) is 4.98 Å². The van der Waals surface area contributed by atoms with Crippen LogP contribution in [-0.4, -0.2) is 38.9 Å². The molecule has 25 heavy (non-hydrogen) atoms. The molecule has 0 saturated carbocycles. The molecule has 0 radical (unpaired) electrons. The molecule has 0 aromatic carbocycles. The van der Waals surface area contributed by atoms with Gasteiger partial charge in [0.1, 0.15) is 17.6 Å². The Labute approximate surface area is 141 Å². The number of aryl methyl sites for hydroxylation is 1. The van der Waals surface area contributed by atoms with Crippen LogP contribution in [0.1, 0.15) is 34.0 Å². The van der Waals surface area contributed by atoms with Crippen molar-refractivity contribution in [3.63, 3.8) is 0 Å². The number of hydrogen-bond acceptors (Lipinski definition) is 3. The van der Waals surface area contributed by atoms with E-state index in [1.54, 1.807) is 7.05 Å². The SMILES string of the molecule is CN(C[C@@H]1CCc2nc(C(F)(F)F)cn2C1)C(=O)c1c[nH]c(C#N)c1. The molecule has 3 heterocycles. The largest absolute Gasteiger partial charge is 0.434 e. The number of amides is 1. The van der Waals surface area contributed by atoms with Crippen LogP contribution in [0.5, 0.6) is 0 Å². The quantitative estimate of drug-likeness (QED) is 0.923. The molecule has 0 aliphatic carbocycles. The van der Waals surface area contributed by atoms with Crippen molar-refractivity contribution in [2.24, 2.45) is 5.92 Å². The molecule has 3 rings (SSSR count). The Bertz CT molecular complexity index is 830. The van der Waals surface area contributed by atoms with Crippen molar-refractivity contribution in [3.8, 4) is 6.07 Å². The first-order valence-corrected chi connectivity index (χ1v) is 7.75. The van der Waals surface area contributed by atoms with Gasteiger partial charge in [-0.05, 0) is 18.4 Å². The van der Waals surface area contributed by atoms with Crippen LogP contribution >= 0.6 is 0 Å². The molecule has 132 valence electrons. The van der Waals surface area contributed by atoms with Crippen LogP contribution in [-0.2, 0) is 19.1 Å². The van der Waals surface area contributed by atoms with E-state index < -0.39 is 11.9 Å². The zero-order valence-electron chi connectivity index (χ0n) is 13.5. The third-order valence-corrected chi connectivity index (χ3v) is 4.31. The maximum atomic E-state index is 12.8. The van der Waals surface area contributed by atoms with Crippen LogP contribution in [0.3, 0.4) is 0 Å². The van der Waals surface area contributed by atoms with Gasteiger partial charge in [0.15, 0.2) is 5.69 Å². The number of imidazole rings is 1.